The molecule has 1 aromatic heterocycles. The number of nitrogens with two attached hydrogens (primary N) is 1. The van der Waals surface area contributed by atoms with E-state index in [0.717, 1.165) is 5.56 Å². The summed E-state index contributed by atoms with van der Waals surface area (Å²) in [5, 5.41) is 0. The Morgan fingerprint density at radius 1 is 1.14 bits per heavy atom. The van der Waals surface area contributed by atoms with E-state index in [4.69, 9.17) is 5.73 Å². The second kappa shape index (κ2) is 6.69. The summed E-state index contributed by atoms with van der Waals surface area (Å²) in [6.45, 7) is 0.430. The maximum Gasteiger partial charge on any atom is 0.218 e. The third kappa shape index (κ3) is 4.27. The molecule has 5 nitrogen and oxygen atoms in total. The maximum absolute atomic E-state index is 12.3. The van der Waals surface area contributed by atoms with E-state index in [1.807, 2.05) is 12.1 Å². The van der Waals surface area contributed by atoms with Crippen molar-refractivity contribution < 1.29 is 8.42 Å². The number of hydrogen-bond acceptors (Lipinski definition) is 4. The molecule has 2 N–H and O–H groups in total. The zero-order chi connectivity index (χ0) is 15.3. The SMILES string of the molecule is CN(CCc1ccncc1)S(=O)(=O)Cc1ccccc1N. The molecule has 1 heterocycles. The summed E-state index contributed by atoms with van der Waals surface area (Å²) in [7, 11) is -1.78. The van der Waals surface area contributed by atoms with E-state index in [9.17, 15) is 8.42 Å². The highest BCUT2D eigenvalue weighted by Gasteiger charge is 2.19. The van der Waals surface area contributed by atoms with Crippen LogP contribution in [0.1, 0.15) is 11.1 Å². The van der Waals surface area contributed by atoms with Gasteiger partial charge < -0.3 is 5.73 Å². The Morgan fingerprint density at radius 2 is 1.81 bits per heavy atom. The summed E-state index contributed by atoms with van der Waals surface area (Å²) in [6.07, 6.45) is 4.06. The van der Waals surface area contributed by atoms with E-state index in [1.165, 1.54) is 4.31 Å². The Kier molecular flexibility index (Phi) is 4.93. The fraction of sp³-hybridized carbons (Fsp3) is 0.267. The molecule has 0 spiro atoms. The number of rotatable bonds is 6. The van der Waals surface area contributed by atoms with Crippen molar-refractivity contribution in [2.24, 2.45) is 0 Å². The van der Waals surface area contributed by atoms with Crippen LogP contribution < -0.4 is 5.73 Å². The molecule has 0 aliphatic carbocycles. The van der Waals surface area contributed by atoms with Crippen LogP contribution in [0.25, 0.3) is 0 Å². The van der Waals surface area contributed by atoms with Crippen LogP contribution in [-0.4, -0.2) is 31.3 Å². The quantitative estimate of drug-likeness (QED) is 0.824. The molecular formula is C15H19N3O2S. The molecule has 21 heavy (non-hydrogen) atoms. The van der Waals surface area contributed by atoms with Crippen LogP contribution in [0.5, 0.6) is 0 Å². The van der Waals surface area contributed by atoms with Crippen LogP contribution in [0.4, 0.5) is 5.69 Å². The largest absolute Gasteiger partial charge is 0.398 e. The van der Waals surface area contributed by atoms with Crippen LogP contribution in [-0.2, 0) is 22.2 Å². The molecule has 2 aromatic rings. The van der Waals surface area contributed by atoms with Crippen LogP contribution in [0.15, 0.2) is 48.8 Å². The van der Waals surface area contributed by atoms with Gasteiger partial charge in [-0.2, -0.15) is 0 Å². The van der Waals surface area contributed by atoms with Crippen molar-refractivity contribution in [2.45, 2.75) is 12.2 Å². The van der Waals surface area contributed by atoms with Crippen molar-refractivity contribution in [3.8, 4) is 0 Å². The number of sulfonamides is 1. The summed E-state index contributed by atoms with van der Waals surface area (Å²) in [4.78, 5) is 3.94. The van der Waals surface area contributed by atoms with Gasteiger partial charge in [0.2, 0.25) is 10.0 Å². The Hall–Kier alpha value is -1.92. The van der Waals surface area contributed by atoms with Crippen LogP contribution >= 0.6 is 0 Å². The van der Waals surface area contributed by atoms with Crippen molar-refractivity contribution in [3.63, 3.8) is 0 Å². The molecule has 0 saturated heterocycles. The summed E-state index contributed by atoms with van der Waals surface area (Å²) >= 11 is 0. The molecule has 2 rings (SSSR count). The number of benzene rings is 1. The van der Waals surface area contributed by atoms with Crippen molar-refractivity contribution in [2.75, 3.05) is 19.3 Å². The molecule has 0 radical (unpaired) electrons. The molecule has 0 fully saturated rings. The zero-order valence-corrected chi connectivity index (χ0v) is 12.8. The fourth-order valence-corrected chi connectivity index (χ4v) is 3.19. The van der Waals surface area contributed by atoms with E-state index in [0.29, 0.717) is 24.2 Å². The number of nitrogens with zero attached hydrogens (tertiary/aromatic N) is 2. The number of likely N-dealkylation sites (N-methyl/N-ethyl adjacent to an activating group) is 1. The Labute approximate surface area is 125 Å². The van der Waals surface area contributed by atoms with Gasteiger partial charge in [-0.15, -0.1) is 0 Å². The van der Waals surface area contributed by atoms with Crippen molar-refractivity contribution in [3.05, 3.63) is 59.9 Å². The van der Waals surface area contributed by atoms with Crippen molar-refractivity contribution >= 4 is 15.7 Å². The van der Waals surface area contributed by atoms with Crippen LogP contribution in [0, 0.1) is 0 Å². The maximum atomic E-state index is 12.3. The molecular weight excluding hydrogens is 286 g/mol. The lowest BCUT2D eigenvalue weighted by Crippen LogP contribution is -2.30. The van der Waals surface area contributed by atoms with Gasteiger partial charge in [0.25, 0.3) is 0 Å². The minimum atomic E-state index is -3.37. The highest BCUT2D eigenvalue weighted by atomic mass is 32.2. The Balaban J connectivity index is 2.00. The number of aromatic nitrogens is 1. The summed E-state index contributed by atoms with van der Waals surface area (Å²) < 4.78 is 26.0. The lowest BCUT2D eigenvalue weighted by Gasteiger charge is -2.17. The second-order valence-corrected chi connectivity index (χ2v) is 6.96. The standard InChI is InChI=1S/C15H19N3O2S/c1-18(11-8-13-6-9-17-10-7-13)21(19,20)12-14-4-2-3-5-15(14)16/h2-7,9-10H,8,11-12,16H2,1H3. The highest BCUT2D eigenvalue weighted by Crippen LogP contribution is 2.16. The average molecular weight is 305 g/mol. The molecule has 0 amide bonds. The van der Waals surface area contributed by atoms with Gasteiger partial charge >= 0.3 is 0 Å². The van der Waals surface area contributed by atoms with E-state index in [1.54, 1.807) is 43.7 Å². The minimum absolute atomic E-state index is 0.0769. The van der Waals surface area contributed by atoms with Crippen molar-refractivity contribution in [1.82, 2.24) is 9.29 Å². The summed E-state index contributed by atoms with van der Waals surface area (Å²) in [5.41, 5.74) is 8.00. The summed E-state index contributed by atoms with van der Waals surface area (Å²) in [6, 6.07) is 10.8. The molecule has 0 saturated carbocycles. The summed E-state index contributed by atoms with van der Waals surface area (Å²) in [5.74, 6) is -0.0769. The van der Waals surface area contributed by atoms with Gasteiger partial charge in [-0.3, -0.25) is 4.98 Å². The van der Waals surface area contributed by atoms with Gasteiger partial charge in [0.1, 0.15) is 0 Å². The predicted octanol–water partition coefficient (Wildman–Crippen LogP) is 1.67. The first-order valence-corrected chi connectivity index (χ1v) is 8.26. The predicted molar refractivity (Wildman–Crippen MR) is 84.0 cm³/mol. The Morgan fingerprint density at radius 3 is 2.48 bits per heavy atom. The topological polar surface area (TPSA) is 76.3 Å². The minimum Gasteiger partial charge on any atom is -0.398 e. The second-order valence-electron chi connectivity index (χ2n) is 4.88. The van der Waals surface area contributed by atoms with Gasteiger partial charge in [0, 0.05) is 31.7 Å². The molecule has 0 aliphatic rings. The number of hydrogen-bond donors (Lipinski definition) is 1. The molecule has 112 valence electrons. The normalized spacial score (nSPS) is 11.7. The van der Waals surface area contributed by atoms with Gasteiger partial charge in [0.15, 0.2) is 0 Å². The van der Waals surface area contributed by atoms with Crippen LogP contribution in [0.2, 0.25) is 0 Å². The van der Waals surface area contributed by atoms with E-state index in [-0.39, 0.29) is 5.75 Å². The van der Waals surface area contributed by atoms with Gasteiger partial charge in [-0.05, 0) is 35.7 Å². The van der Waals surface area contributed by atoms with E-state index < -0.39 is 10.0 Å². The highest BCUT2D eigenvalue weighted by molar-refractivity contribution is 7.88. The molecule has 6 heteroatoms. The third-order valence-corrected chi connectivity index (χ3v) is 5.14. The smallest absolute Gasteiger partial charge is 0.218 e. The zero-order valence-electron chi connectivity index (χ0n) is 11.9. The number of anilines is 1. The number of pyridine rings is 1. The average Bonchev–Trinajstić information content (AvgIpc) is 2.48. The van der Waals surface area contributed by atoms with Crippen molar-refractivity contribution in [1.29, 1.82) is 0 Å². The molecule has 0 aliphatic heterocycles. The first-order chi connectivity index (χ1) is 9.99. The lowest BCUT2D eigenvalue weighted by molar-refractivity contribution is 0.471. The number of para-hydroxylation sites is 1. The molecule has 0 atom stereocenters. The van der Waals surface area contributed by atoms with Gasteiger partial charge in [-0.25, -0.2) is 12.7 Å². The molecule has 1 aromatic carbocycles. The van der Waals surface area contributed by atoms with Crippen LogP contribution in [0.3, 0.4) is 0 Å². The number of nitrogen functional groups attached to an aromatic ring is 1. The van der Waals surface area contributed by atoms with E-state index in [2.05, 4.69) is 4.98 Å². The molecule has 0 bridgehead atoms. The monoisotopic (exact) mass is 305 g/mol. The van der Waals surface area contributed by atoms with Gasteiger partial charge in [-0.1, -0.05) is 18.2 Å². The fourth-order valence-electron chi connectivity index (χ4n) is 1.95. The third-order valence-electron chi connectivity index (χ3n) is 3.33. The molecule has 0 unspecified atom stereocenters. The van der Waals surface area contributed by atoms with Gasteiger partial charge in [0.05, 0.1) is 5.75 Å². The Bertz CT molecular complexity index is 687. The first kappa shape index (κ1) is 15.5. The van der Waals surface area contributed by atoms with E-state index >= 15 is 0 Å². The lowest BCUT2D eigenvalue weighted by atomic mass is 10.2. The first-order valence-electron chi connectivity index (χ1n) is 6.65.